The minimum absolute atomic E-state index is 0.184. The summed E-state index contributed by atoms with van der Waals surface area (Å²) in [5.41, 5.74) is 1.15. The Balaban J connectivity index is 1.48. The third kappa shape index (κ3) is 3.30. The molecule has 0 aliphatic carbocycles. The molecule has 0 spiro atoms. The van der Waals surface area contributed by atoms with E-state index in [0.717, 1.165) is 36.6 Å². The number of hydrogen-bond donors (Lipinski definition) is 0. The molecule has 5 nitrogen and oxygen atoms in total. The average molecular weight is 343 g/mol. The van der Waals surface area contributed by atoms with Crippen LogP contribution >= 0.6 is 11.3 Å². The topological polar surface area (TPSA) is 45.7 Å². The number of aromatic nitrogens is 1. The van der Waals surface area contributed by atoms with E-state index in [0.29, 0.717) is 19.1 Å². The molecule has 1 aromatic carbocycles. The van der Waals surface area contributed by atoms with Crippen molar-refractivity contribution in [3.05, 3.63) is 52.5 Å². The van der Waals surface area contributed by atoms with Crippen molar-refractivity contribution >= 4 is 17.4 Å². The fraction of sp³-hybridized carbons (Fsp3) is 0.444. The van der Waals surface area contributed by atoms with Gasteiger partial charge in [0, 0.05) is 30.6 Å². The molecule has 126 valence electrons. The number of carbonyl (C=O) groups excluding carboxylic acids is 1. The predicted octanol–water partition coefficient (Wildman–Crippen LogP) is 2.99. The number of amides is 1. The molecule has 0 radical (unpaired) electrons. The third-order valence-electron chi connectivity index (χ3n) is 4.90. The lowest BCUT2D eigenvalue weighted by molar-refractivity contribution is -0.0327. The Morgan fingerprint density at radius 2 is 2.12 bits per heavy atom. The van der Waals surface area contributed by atoms with Crippen LogP contribution in [0.3, 0.4) is 0 Å². The van der Waals surface area contributed by atoms with Crippen LogP contribution < -0.4 is 0 Å². The maximum atomic E-state index is 12.4. The summed E-state index contributed by atoms with van der Waals surface area (Å²) in [4.78, 5) is 21.1. The van der Waals surface area contributed by atoms with Crippen LogP contribution in [0.1, 0.15) is 17.0 Å². The highest BCUT2D eigenvalue weighted by Crippen LogP contribution is 2.29. The van der Waals surface area contributed by atoms with E-state index in [1.54, 1.807) is 11.3 Å². The number of benzene rings is 1. The molecule has 0 saturated carbocycles. The molecular weight excluding hydrogens is 322 g/mol. The van der Waals surface area contributed by atoms with Crippen molar-refractivity contribution in [2.24, 2.45) is 5.92 Å². The number of carbonyl (C=O) groups is 1. The van der Waals surface area contributed by atoms with Gasteiger partial charge in [-0.25, -0.2) is 9.78 Å². The molecule has 1 aromatic heterocycles. The number of fused-ring (bicyclic) bond motifs is 1. The maximum absolute atomic E-state index is 12.4. The molecule has 0 unspecified atom stereocenters. The predicted molar refractivity (Wildman–Crippen MR) is 92.6 cm³/mol. The van der Waals surface area contributed by atoms with Gasteiger partial charge in [-0.05, 0) is 18.5 Å². The Bertz CT molecular complexity index is 677. The van der Waals surface area contributed by atoms with E-state index in [9.17, 15) is 4.79 Å². The van der Waals surface area contributed by atoms with Crippen molar-refractivity contribution in [3.8, 4) is 0 Å². The first-order chi connectivity index (χ1) is 11.8. The summed E-state index contributed by atoms with van der Waals surface area (Å²) in [6.45, 7) is 3.98. The van der Waals surface area contributed by atoms with Crippen molar-refractivity contribution in [3.63, 3.8) is 0 Å². The number of piperidine rings is 1. The van der Waals surface area contributed by atoms with Gasteiger partial charge in [0.1, 0.15) is 5.01 Å². The fourth-order valence-electron chi connectivity index (χ4n) is 3.62. The highest BCUT2D eigenvalue weighted by atomic mass is 32.1. The van der Waals surface area contributed by atoms with Gasteiger partial charge in [-0.2, -0.15) is 0 Å². The van der Waals surface area contributed by atoms with Gasteiger partial charge in [-0.3, -0.25) is 9.80 Å². The zero-order valence-electron chi connectivity index (χ0n) is 13.5. The molecule has 6 heteroatoms. The largest absolute Gasteiger partial charge is 0.449 e. The van der Waals surface area contributed by atoms with Crippen LogP contribution in [-0.2, 0) is 17.8 Å². The van der Waals surface area contributed by atoms with Gasteiger partial charge >= 0.3 is 6.09 Å². The quantitative estimate of drug-likeness (QED) is 0.856. The van der Waals surface area contributed by atoms with Crippen molar-refractivity contribution in [1.82, 2.24) is 14.8 Å². The first-order valence-electron chi connectivity index (χ1n) is 8.37. The van der Waals surface area contributed by atoms with Gasteiger partial charge in [0.15, 0.2) is 0 Å². The summed E-state index contributed by atoms with van der Waals surface area (Å²) in [6.07, 6.45) is 2.73. The lowest BCUT2D eigenvalue weighted by Crippen LogP contribution is -2.58. The lowest BCUT2D eigenvalue weighted by Gasteiger charge is -2.46. The van der Waals surface area contributed by atoms with Crippen molar-refractivity contribution in [2.75, 3.05) is 19.7 Å². The molecule has 2 aliphatic rings. The fourth-order valence-corrected chi connectivity index (χ4v) is 4.28. The Morgan fingerprint density at radius 1 is 1.25 bits per heavy atom. The monoisotopic (exact) mass is 343 g/mol. The first kappa shape index (κ1) is 15.6. The van der Waals surface area contributed by atoms with Crippen LogP contribution in [0.2, 0.25) is 0 Å². The van der Waals surface area contributed by atoms with Gasteiger partial charge < -0.3 is 4.74 Å². The molecule has 2 atom stereocenters. The van der Waals surface area contributed by atoms with Crippen LogP contribution in [0.4, 0.5) is 4.79 Å². The molecule has 3 heterocycles. The van der Waals surface area contributed by atoms with Gasteiger partial charge in [0.2, 0.25) is 0 Å². The van der Waals surface area contributed by atoms with E-state index < -0.39 is 0 Å². The van der Waals surface area contributed by atoms with Crippen molar-refractivity contribution < 1.29 is 9.53 Å². The van der Waals surface area contributed by atoms with Crippen LogP contribution in [-0.4, -0.2) is 46.6 Å². The maximum Gasteiger partial charge on any atom is 0.410 e. The number of likely N-dealkylation sites (tertiary alicyclic amines) is 1. The normalized spacial score (nSPS) is 24.5. The van der Waals surface area contributed by atoms with Gasteiger partial charge in [0.25, 0.3) is 0 Å². The second-order valence-electron chi connectivity index (χ2n) is 6.47. The molecule has 1 amide bonds. The Hall–Kier alpha value is -1.92. The Morgan fingerprint density at radius 3 is 2.92 bits per heavy atom. The summed E-state index contributed by atoms with van der Waals surface area (Å²) in [5, 5.41) is 3.16. The molecule has 2 saturated heterocycles. The highest BCUT2D eigenvalue weighted by Gasteiger charge is 2.40. The highest BCUT2D eigenvalue weighted by molar-refractivity contribution is 7.09. The van der Waals surface area contributed by atoms with Crippen LogP contribution in [0.5, 0.6) is 0 Å². The number of nitrogens with zero attached hydrogens (tertiary/aromatic N) is 3. The molecule has 24 heavy (non-hydrogen) atoms. The van der Waals surface area contributed by atoms with E-state index in [1.807, 2.05) is 34.7 Å². The van der Waals surface area contributed by atoms with E-state index in [4.69, 9.17) is 4.74 Å². The summed E-state index contributed by atoms with van der Waals surface area (Å²) in [7, 11) is 0. The second-order valence-corrected chi connectivity index (χ2v) is 7.45. The Labute approximate surface area is 145 Å². The average Bonchev–Trinajstić information content (AvgIpc) is 3.11. The number of rotatable bonds is 4. The zero-order chi connectivity index (χ0) is 16.4. The third-order valence-corrected chi connectivity index (χ3v) is 5.66. The second kappa shape index (κ2) is 6.91. The summed E-state index contributed by atoms with van der Waals surface area (Å²) >= 11 is 1.69. The smallest absolute Gasteiger partial charge is 0.410 e. The molecule has 2 aliphatic heterocycles. The van der Waals surface area contributed by atoms with Crippen molar-refractivity contribution in [2.45, 2.75) is 25.6 Å². The summed E-state index contributed by atoms with van der Waals surface area (Å²) < 4.78 is 5.43. The van der Waals surface area contributed by atoms with Crippen LogP contribution in [0.15, 0.2) is 41.9 Å². The Kier molecular flexibility index (Phi) is 4.49. The standard InChI is InChI=1S/C18H21N3O2S/c22-18-21(10-14-4-2-1-3-5-14)16-11-20(8-6-15(16)13-23-18)12-17-19-7-9-24-17/h1-5,7,9,15-16H,6,8,10-13H2/t15-,16+/m0/s1. The number of thiazole rings is 1. The summed E-state index contributed by atoms with van der Waals surface area (Å²) in [5.74, 6) is 0.430. The molecule has 2 fully saturated rings. The van der Waals surface area contributed by atoms with E-state index >= 15 is 0 Å². The minimum atomic E-state index is -0.184. The van der Waals surface area contributed by atoms with E-state index in [1.165, 1.54) is 0 Å². The van der Waals surface area contributed by atoms with Crippen molar-refractivity contribution in [1.29, 1.82) is 0 Å². The summed E-state index contributed by atoms with van der Waals surface area (Å²) in [6, 6.07) is 10.4. The van der Waals surface area contributed by atoms with Crippen LogP contribution in [0.25, 0.3) is 0 Å². The SMILES string of the molecule is O=C1OC[C@@H]2CCN(Cc3nccs3)C[C@H]2N1Cc1ccccc1. The first-order valence-corrected chi connectivity index (χ1v) is 9.25. The zero-order valence-corrected chi connectivity index (χ0v) is 14.3. The minimum Gasteiger partial charge on any atom is -0.449 e. The molecule has 4 rings (SSSR count). The van der Waals surface area contributed by atoms with E-state index in [2.05, 4.69) is 22.0 Å². The van der Waals surface area contributed by atoms with Crippen LogP contribution in [0, 0.1) is 5.92 Å². The van der Waals surface area contributed by atoms with Gasteiger partial charge in [0.05, 0.1) is 19.2 Å². The lowest BCUT2D eigenvalue weighted by atomic mass is 9.90. The number of ether oxygens (including phenoxy) is 1. The molecule has 0 bridgehead atoms. The van der Waals surface area contributed by atoms with Gasteiger partial charge in [-0.1, -0.05) is 30.3 Å². The van der Waals surface area contributed by atoms with E-state index in [-0.39, 0.29) is 12.1 Å². The molecular formula is C18H21N3O2S. The number of hydrogen-bond acceptors (Lipinski definition) is 5. The molecule has 2 aromatic rings. The molecule has 0 N–H and O–H groups in total. The number of cyclic esters (lactones) is 1. The van der Waals surface area contributed by atoms with Gasteiger partial charge in [-0.15, -0.1) is 11.3 Å².